The highest BCUT2D eigenvalue weighted by Crippen LogP contribution is 2.04. The number of hydrogen-bond donors (Lipinski definition) is 1. The predicted octanol–water partition coefficient (Wildman–Crippen LogP) is 4.09. The highest BCUT2D eigenvalue weighted by atomic mass is 16.5. The molecule has 0 saturated heterocycles. The molecule has 0 bridgehead atoms. The van der Waals surface area contributed by atoms with Gasteiger partial charge in [0, 0.05) is 12.8 Å². The van der Waals surface area contributed by atoms with Gasteiger partial charge in [-0.1, -0.05) is 38.3 Å². The lowest BCUT2D eigenvalue weighted by molar-refractivity contribution is -0.143. The number of unbranched alkanes of at least 4 members (excludes halogenated alkanes) is 5. The maximum absolute atomic E-state index is 11.4. The molecule has 4 nitrogen and oxygen atoms in total. The normalized spacial score (nSPS) is 10.8. The van der Waals surface area contributed by atoms with Crippen molar-refractivity contribution in [2.75, 3.05) is 6.61 Å². The average Bonchev–Trinajstić information content (AvgIpc) is 2.41. The van der Waals surface area contributed by atoms with E-state index < -0.39 is 5.97 Å². The number of esters is 1. The van der Waals surface area contributed by atoms with E-state index in [1.54, 1.807) is 0 Å². The van der Waals surface area contributed by atoms with E-state index in [0.29, 0.717) is 25.9 Å². The standard InChI is InChI=1S/C16H28O4/c1-2-3-4-5-6-7-11-14-20-16(19)13-10-8-9-12-15(17)18/h6-7H,2-5,8-14H2,1H3,(H,17,18). The van der Waals surface area contributed by atoms with Gasteiger partial charge in [-0.2, -0.15) is 0 Å². The van der Waals surface area contributed by atoms with Crippen LogP contribution in [0.3, 0.4) is 0 Å². The molecule has 1 N–H and O–H groups in total. The van der Waals surface area contributed by atoms with Gasteiger partial charge < -0.3 is 9.84 Å². The average molecular weight is 284 g/mol. The summed E-state index contributed by atoms with van der Waals surface area (Å²) in [6, 6.07) is 0. The van der Waals surface area contributed by atoms with E-state index in [4.69, 9.17) is 9.84 Å². The molecule has 4 heteroatoms. The molecule has 0 aromatic heterocycles. The lowest BCUT2D eigenvalue weighted by Crippen LogP contribution is -2.05. The summed E-state index contributed by atoms with van der Waals surface area (Å²) in [6.07, 6.45) is 12.5. The molecule has 20 heavy (non-hydrogen) atoms. The van der Waals surface area contributed by atoms with Crippen molar-refractivity contribution in [1.82, 2.24) is 0 Å². The Morgan fingerprint density at radius 3 is 2.35 bits per heavy atom. The number of carboxylic acids is 1. The Bertz CT molecular complexity index is 284. The van der Waals surface area contributed by atoms with Crippen LogP contribution >= 0.6 is 0 Å². The fourth-order valence-corrected chi connectivity index (χ4v) is 1.78. The molecule has 0 heterocycles. The largest absolute Gasteiger partial charge is 0.481 e. The SMILES string of the molecule is CCCCCC=CCCOC(=O)CCCCCC(=O)O. The molecule has 0 fully saturated rings. The quantitative estimate of drug-likeness (QED) is 0.314. The molecule has 0 aliphatic carbocycles. The summed E-state index contributed by atoms with van der Waals surface area (Å²) in [4.78, 5) is 21.6. The van der Waals surface area contributed by atoms with Crippen LogP contribution in [0, 0.1) is 0 Å². The number of carbonyl (C=O) groups excluding carboxylic acids is 1. The monoisotopic (exact) mass is 284 g/mol. The number of rotatable bonds is 13. The molecule has 0 amide bonds. The summed E-state index contributed by atoms with van der Waals surface area (Å²) >= 11 is 0. The lowest BCUT2D eigenvalue weighted by Gasteiger charge is -2.02. The molecule has 0 aromatic carbocycles. The van der Waals surface area contributed by atoms with E-state index in [1.807, 2.05) is 0 Å². The molecule has 0 aliphatic heterocycles. The summed E-state index contributed by atoms with van der Waals surface area (Å²) in [6.45, 7) is 2.63. The van der Waals surface area contributed by atoms with Crippen LogP contribution in [-0.2, 0) is 14.3 Å². The van der Waals surface area contributed by atoms with Gasteiger partial charge in [0.2, 0.25) is 0 Å². The van der Waals surface area contributed by atoms with Crippen molar-refractivity contribution in [2.45, 2.75) is 71.1 Å². The third kappa shape index (κ3) is 14.7. The second kappa shape index (κ2) is 14.1. The first-order chi connectivity index (χ1) is 9.66. The fraction of sp³-hybridized carbons (Fsp3) is 0.750. The zero-order chi connectivity index (χ0) is 15.1. The number of ether oxygens (including phenoxy) is 1. The minimum absolute atomic E-state index is 0.178. The van der Waals surface area contributed by atoms with E-state index in [0.717, 1.165) is 19.3 Å². The van der Waals surface area contributed by atoms with Crippen molar-refractivity contribution >= 4 is 11.9 Å². The summed E-state index contributed by atoms with van der Waals surface area (Å²) in [5, 5.41) is 8.46. The van der Waals surface area contributed by atoms with E-state index in [2.05, 4.69) is 19.1 Å². The Kier molecular flexibility index (Phi) is 13.2. The van der Waals surface area contributed by atoms with Gasteiger partial charge in [0.25, 0.3) is 0 Å². The Morgan fingerprint density at radius 1 is 0.950 bits per heavy atom. The second-order valence-corrected chi connectivity index (χ2v) is 4.93. The van der Waals surface area contributed by atoms with Gasteiger partial charge in [0.05, 0.1) is 6.61 Å². The minimum Gasteiger partial charge on any atom is -0.481 e. The first-order valence-corrected chi connectivity index (χ1v) is 7.69. The molecule has 0 unspecified atom stereocenters. The molecular weight excluding hydrogens is 256 g/mol. The Balaban J connectivity index is 3.30. The summed E-state index contributed by atoms with van der Waals surface area (Å²) in [7, 11) is 0. The van der Waals surface area contributed by atoms with Crippen LogP contribution in [0.5, 0.6) is 0 Å². The molecule has 116 valence electrons. The first-order valence-electron chi connectivity index (χ1n) is 7.69. The molecular formula is C16H28O4. The van der Waals surface area contributed by atoms with Crippen LogP contribution in [0.25, 0.3) is 0 Å². The second-order valence-electron chi connectivity index (χ2n) is 4.93. The highest BCUT2D eigenvalue weighted by Gasteiger charge is 2.02. The zero-order valence-electron chi connectivity index (χ0n) is 12.6. The van der Waals surface area contributed by atoms with Crippen LogP contribution in [0.2, 0.25) is 0 Å². The number of allylic oxidation sites excluding steroid dienone is 1. The Morgan fingerprint density at radius 2 is 1.65 bits per heavy atom. The summed E-state index contributed by atoms with van der Waals surface area (Å²) in [5.41, 5.74) is 0. The van der Waals surface area contributed by atoms with Crippen molar-refractivity contribution in [2.24, 2.45) is 0 Å². The van der Waals surface area contributed by atoms with Gasteiger partial charge in [0.1, 0.15) is 0 Å². The van der Waals surface area contributed by atoms with Gasteiger partial charge in [-0.3, -0.25) is 9.59 Å². The molecule has 0 spiro atoms. The van der Waals surface area contributed by atoms with Crippen LogP contribution in [-0.4, -0.2) is 23.7 Å². The maximum atomic E-state index is 11.4. The number of hydrogen-bond acceptors (Lipinski definition) is 3. The van der Waals surface area contributed by atoms with E-state index >= 15 is 0 Å². The van der Waals surface area contributed by atoms with Gasteiger partial charge in [-0.05, 0) is 32.1 Å². The topological polar surface area (TPSA) is 63.6 Å². The highest BCUT2D eigenvalue weighted by molar-refractivity contribution is 5.69. The van der Waals surface area contributed by atoms with E-state index in [1.165, 1.54) is 19.3 Å². The number of carbonyl (C=O) groups is 2. The third-order valence-electron chi connectivity index (χ3n) is 2.96. The van der Waals surface area contributed by atoms with E-state index in [9.17, 15) is 9.59 Å². The van der Waals surface area contributed by atoms with Crippen LogP contribution < -0.4 is 0 Å². The molecule has 0 saturated carbocycles. The van der Waals surface area contributed by atoms with Crippen molar-refractivity contribution in [3.63, 3.8) is 0 Å². The summed E-state index contributed by atoms with van der Waals surface area (Å²) < 4.78 is 5.09. The van der Waals surface area contributed by atoms with Gasteiger partial charge >= 0.3 is 11.9 Å². The third-order valence-corrected chi connectivity index (χ3v) is 2.96. The van der Waals surface area contributed by atoms with Gasteiger partial charge in [-0.15, -0.1) is 0 Å². The van der Waals surface area contributed by atoms with E-state index in [-0.39, 0.29) is 12.4 Å². The van der Waals surface area contributed by atoms with Crippen molar-refractivity contribution in [3.05, 3.63) is 12.2 Å². The lowest BCUT2D eigenvalue weighted by atomic mass is 10.1. The Labute approximate surface area is 122 Å². The van der Waals surface area contributed by atoms with Gasteiger partial charge in [-0.25, -0.2) is 0 Å². The van der Waals surface area contributed by atoms with Crippen molar-refractivity contribution in [3.8, 4) is 0 Å². The fourth-order valence-electron chi connectivity index (χ4n) is 1.78. The van der Waals surface area contributed by atoms with Crippen LogP contribution in [0.15, 0.2) is 12.2 Å². The Hall–Kier alpha value is -1.32. The molecule has 0 aromatic rings. The minimum atomic E-state index is -0.779. The van der Waals surface area contributed by atoms with Gasteiger partial charge in [0.15, 0.2) is 0 Å². The predicted molar refractivity (Wildman–Crippen MR) is 79.6 cm³/mol. The molecule has 0 aliphatic rings. The number of aliphatic carboxylic acids is 1. The molecule has 0 radical (unpaired) electrons. The van der Waals surface area contributed by atoms with Crippen molar-refractivity contribution < 1.29 is 19.4 Å². The first kappa shape index (κ1) is 18.7. The maximum Gasteiger partial charge on any atom is 0.305 e. The molecule has 0 rings (SSSR count). The smallest absolute Gasteiger partial charge is 0.305 e. The number of carboxylic acid groups (broad SMARTS) is 1. The van der Waals surface area contributed by atoms with Crippen LogP contribution in [0.1, 0.15) is 71.1 Å². The van der Waals surface area contributed by atoms with Crippen LogP contribution in [0.4, 0.5) is 0 Å². The zero-order valence-corrected chi connectivity index (χ0v) is 12.6. The summed E-state index contributed by atoms with van der Waals surface area (Å²) in [5.74, 6) is -0.960. The molecule has 0 atom stereocenters. The van der Waals surface area contributed by atoms with Crippen molar-refractivity contribution in [1.29, 1.82) is 0 Å².